The third kappa shape index (κ3) is 6.45. The van der Waals surface area contributed by atoms with E-state index in [0.29, 0.717) is 13.0 Å². The van der Waals surface area contributed by atoms with Crippen molar-refractivity contribution in [2.24, 2.45) is 7.05 Å². The van der Waals surface area contributed by atoms with Gasteiger partial charge >= 0.3 is 6.09 Å². The fourth-order valence-electron chi connectivity index (χ4n) is 2.15. The number of carbonyl (C=O) groups excluding carboxylic acids is 1. The smallest absolute Gasteiger partial charge is 0.411 e. The molecule has 0 bridgehead atoms. The summed E-state index contributed by atoms with van der Waals surface area (Å²) in [5.41, 5.74) is 0.329. The molecule has 2 rings (SSSR count). The third-order valence-corrected chi connectivity index (χ3v) is 4.71. The van der Waals surface area contributed by atoms with Crippen LogP contribution in [0.5, 0.6) is 5.75 Å². The summed E-state index contributed by atoms with van der Waals surface area (Å²) in [4.78, 5) is 11.1. The van der Waals surface area contributed by atoms with Crippen molar-refractivity contribution in [3.05, 3.63) is 36.9 Å². The number of rotatable bonds is 7. The van der Waals surface area contributed by atoms with Gasteiger partial charge in [-0.3, -0.25) is 10.0 Å². The van der Waals surface area contributed by atoms with Gasteiger partial charge in [-0.15, -0.1) is 0 Å². The zero-order chi connectivity index (χ0) is 18.4. The van der Waals surface area contributed by atoms with Crippen molar-refractivity contribution in [2.75, 3.05) is 22.9 Å². The molecule has 9 nitrogen and oxygen atoms in total. The Morgan fingerprint density at radius 1 is 1.38 bits per heavy atom. The lowest BCUT2D eigenvalue weighted by molar-refractivity contribution is -0.671. The van der Waals surface area contributed by atoms with Crippen LogP contribution in [0.15, 0.2) is 36.9 Å². The van der Waals surface area contributed by atoms with E-state index in [2.05, 4.69) is 14.8 Å². The first-order valence-electron chi connectivity index (χ1n) is 7.48. The van der Waals surface area contributed by atoms with Gasteiger partial charge in [0.1, 0.15) is 18.1 Å². The number of nitrogens with zero attached hydrogens (tertiary/aromatic N) is 2. The van der Waals surface area contributed by atoms with E-state index in [-0.39, 0.29) is 35.3 Å². The number of phenols is 1. The molecule has 0 aliphatic carbocycles. The molecule has 26 heavy (non-hydrogen) atoms. The number of benzene rings is 1. The summed E-state index contributed by atoms with van der Waals surface area (Å²) in [6.07, 6.45) is 5.32. The van der Waals surface area contributed by atoms with Gasteiger partial charge in [0, 0.05) is 18.2 Å². The first-order chi connectivity index (χ1) is 11.8. The first-order valence-corrected chi connectivity index (χ1v) is 9.14. The second-order valence-electron chi connectivity index (χ2n) is 5.44. The minimum atomic E-state index is -3.60. The minimum Gasteiger partial charge on any atom is -1.00 e. The van der Waals surface area contributed by atoms with Crippen LogP contribution in [0.25, 0.3) is 0 Å². The van der Waals surface area contributed by atoms with E-state index >= 15 is 0 Å². The molecule has 0 aliphatic heterocycles. The molecule has 1 amide bonds. The zero-order valence-corrected chi connectivity index (χ0v) is 15.9. The number of methoxy groups -OCH3 is 1. The van der Waals surface area contributed by atoms with Crippen molar-refractivity contribution in [1.29, 1.82) is 0 Å². The summed E-state index contributed by atoms with van der Waals surface area (Å²) < 4.78 is 34.8. The number of ether oxygens (including phenoxy) is 1. The summed E-state index contributed by atoms with van der Waals surface area (Å²) in [7, 11) is -0.504. The largest absolute Gasteiger partial charge is 1.00 e. The zero-order valence-electron chi connectivity index (χ0n) is 14.3. The summed E-state index contributed by atoms with van der Waals surface area (Å²) in [5, 5.41) is 12.3. The highest BCUT2D eigenvalue weighted by Gasteiger charge is 2.14. The van der Waals surface area contributed by atoms with Gasteiger partial charge in [-0.05, 0) is 12.1 Å². The quantitative estimate of drug-likeness (QED) is 0.366. The van der Waals surface area contributed by atoms with Crippen LogP contribution in [0.3, 0.4) is 0 Å². The van der Waals surface area contributed by atoms with Gasteiger partial charge in [0.05, 0.1) is 32.1 Å². The van der Waals surface area contributed by atoms with E-state index in [4.69, 9.17) is 0 Å². The Kier molecular flexibility index (Phi) is 7.72. The van der Waals surface area contributed by atoms with E-state index in [0.717, 1.165) is 0 Å². The Balaban J connectivity index is 0.00000338. The van der Waals surface area contributed by atoms with Gasteiger partial charge in [0.25, 0.3) is 0 Å². The average Bonchev–Trinajstić information content (AvgIpc) is 2.95. The van der Waals surface area contributed by atoms with Crippen LogP contribution in [0.1, 0.15) is 6.42 Å². The van der Waals surface area contributed by atoms with Crippen molar-refractivity contribution in [2.45, 2.75) is 13.0 Å². The lowest BCUT2D eigenvalue weighted by Crippen LogP contribution is -3.00. The molecule has 0 atom stereocenters. The topological polar surface area (TPSA) is 114 Å². The van der Waals surface area contributed by atoms with Crippen molar-refractivity contribution in [1.82, 2.24) is 4.57 Å². The highest BCUT2D eigenvalue weighted by atomic mass is 35.5. The number of hydrogen-bond acceptors (Lipinski definition) is 5. The van der Waals surface area contributed by atoms with E-state index in [1.54, 1.807) is 0 Å². The number of aryl methyl sites for hydroxylation is 2. The monoisotopic (exact) mass is 404 g/mol. The molecule has 0 saturated heterocycles. The molecule has 11 heteroatoms. The van der Waals surface area contributed by atoms with Crippen LogP contribution in [-0.2, 0) is 28.4 Å². The van der Waals surface area contributed by atoms with E-state index in [1.807, 2.05) is 34.9 Å². The third-order valence-electron chi connectivity index (χ3n) is 3.35. The van der Waals surface area contributed by atoms with Crippen LogP contribution in [0, 0.1) is 0 Å². The first kappa shape index (κ1) is 21.6. The molecule has 0 fully saturated rings. The molecule has 1 aromatic carbocycles. The summed E-state index contributed by atoms with van der Waals surface area (Å²) in [6, 6.07) is 4.05. The summed E-state index contributed by atoms with van der Waals surface area (Å²) >= 11 is 0. The summed E-state index contributed by atoms with van der Waals surface area (Å²) in [5.74, 6) is -0.383. The Morgan fingerprint density at radius 3 is 2.69 bits per heavy atom. The lowest BCUT2D eigenvalue weighted by atomic mass is 10.2. The number of nitrogens with one attached hydrogen (secondary N) is 2. The van der Waals surface area contributed by atoms with Crippen LogP contribution < -0.4 is 27.0 Å². The predicted molar refractivity (Wildman–Crippen MR) is 91.8 cm³/mol. The van der Waals surface area contributed by atoms with Crippen molar-refractivity contribution >= 4 is 27.5 Å². The van der Waals surface area contributed by atoms with E-state index in [9.17, 15) is 18.3 Å². The predicted octanol–water partition coefficient (Wildman–Crippen LogP) is -1.97. The molecule has 1 aromatic heterocycles. The van der Waals surface area contributed by atoms with Gasteiger partial charge in [-0.2, -0.15) is 0 Å². The Hall–Kier alpha value is -2.46. The molecule has 2 aromatic rings. The fraction of sp³-hybridized carbons (Fsp3) is 0.333. The number of amides is 1. The number of aromatic hydroxyl groups is 1. The van der Waals surface area contributed by atoms with Crippen LogP contribution >= 0.6 is 0 Å². The number of halogens is 1. The standard InChI is InChI=1S/C15H20N4O5S.ClH/c1-18-7-8-19(11-18)6-3-9-25(22,23)17-13-5-4-12(10-14(13)20)16-15(21)24-2;/h4-5,7-8,10-11,17H,3,6,9H2,1-2H3,(H-,16,20,21);1H. The highest BCUT2D eigenvalue weighted by Crippen LogP contribution is 2.27. The van der Waals surface area contributed by atoms with Crippen molar-refractivity contribution in [3.63, 3.8) is 0 Å². The van der Waals surface area contributed by atoms with E-state index in [1.165, 1.54) is 25.3 Å². The molecular weight excluding hydrogens is 384 g/mol. The molecule has 1 heterocycles. The number of sulfonamides is 1. The van der Waals surface area contributed by atoms with Crippen molar-refractivity contribution < 1.29 is 40.0 Å². The van der Waals surface area contributed by atoms with Gasteiger partial charge in [-0.25, -0.2) is 22.3 Å². The van der Waals surface area contributed by atoms with Gasteiger partial charge in [-0.1, -0.05) is 0 Å². The molecular formula is C15H21ClN4O5S. The lowest BCUT2D eigenvalue weighted by Gasteiger charge is -2.11. The van der Waals surface area contributed by atoms with Crippen LogP contribution in [-0.4, -0.2) is 37.0 Å². The fourth-order valence-corrected chi connectivity index (χ4v) is 3.27. The normalized spacial score (nSPS) is 10.7. The Labute approximate surface area is 158 Å². The number of phenolic OH excluding ortho intramolecular Hbond substituents is 1. The minimum absolute atomic E-state index is 0. The Bertz CT molecular complexity index is 853. The second-order valence-corrected chi connectivity index (χ2v) is 7.28. The molecule has 144 valence electrons. The number of aromatic nitrogens is 2. The molecule has 0 radical (unpaired) electrons. The van der Waals surface area contributed by atoms with E-state index < -0.39 is 16.1 Å². The number of hydrogen-bond donors (Lipinski definition) is 3. The Morgan fingerprint density at radius 2 is 2.12 bits per heavy atom. The molecule has 0 spiro atoms. The maximum Gasteiger partial charge on any atom is 0.411 e. The number of anilines is 2. The average molecular weight is 405 g/mol. The highest BCUT2D eigenvalue weighted by molar-refractivity contribution is 7.92. The molecule has 3 N–H and O–H groups in total. The summed E-state index contributed by atoms with van der Waals surface area (Å²) in [6.45, 7) is 0.565. The van der Waals surface area contributed by atoms with Gasteiger partial charge in [0.15, 0.2) is 0 Å². The molecule has 0 saturated carbocycles. The van der Waals surface area contributed by atoms with Crippen LogP contribution in [0.4, 0.5) is 16.2 Å². The van der Waals surface area contributed by atoms with Gasteiger partial charge in [0.2, 0.25) is 16.4 Å². The molecule has 0 unspecified atom stereocenters. The van der Waals surface area contributed by atoms with Crippen molar-refractivity contribution in [3.8, 4) is 5.75 Å². The second kappa shape index (κ2) is 9.30. The number of carbonyl (C=O) groups is 1. The van der Waals surface area contributed by atoms with Gasteiger partial charge < -0.3 is 22.3 Å². The number of imidazole rings is 1. The maximum absolute atomic E-state index is 12.1. The van der Waals surface area contributed by atoms with Crippen LogP contribution in [0.2, 0.25) is 0 Å². The molecule has 0 aliphatic rings. The maximum atomic E-state index is 12.1. The SMILES string of the molecule is COC(=O)Nc1ccc(NS(=O)(=O)CCCn2cc[n+](C)c2)c(O)c1.[Cl-].